The van der Waals surface area contributed by atoms with E-state index in [1.165, 1.54) is 12.1 Å². The highest BCUT2D eigenvalue weighted by atomic mass is 16.7. The van der Waals surface area contributed by atoms with E-state index in [1.54, 1.807) is 0 Å². The first-order chi connectivity index (χ1) is 15.1. The smallest absolute Gasteiger partial charge is 0.269 e. The van der Waals surface area contributed by atoms with Gasteiger partial charge in [-0.15, -0.1) is 0 Å². The van der Waals surface area contributed by atoms with Crippen molar-refractivity contribution < 1.29 is 59.6 Å². The predicted molar refractivity (Wildman–Crippen MR) is 100 cm³/mol. The van der Waals surface area contributed by atoms with Gasteiger partial charge in [-0.25, -0.2) is 0 Å². The number of nitro groups is 1. The Morgan fingerprint density at radius 2 is 1.34 bits per heavy atom. The molecule has 0 radical (unpaired) electrons. The van der Waals surface area contributed by atoms with Crippen LogP contribution in [0.3, 0.4) is 0 Å². The van der Waals surface area contributed by atoms with Crippen molar-refractivity contribution in [1.29, 1.82) is 0 Å². The number of non-ortho nitro benzene ring substituents is 1. The number of nitro benzene ring substituents is 1. The third kappa shape index (κ3) is 5.15. The molecule has 2 aliphatic heterocycles. The summed E-state index contributed by atoms with van der Waals surface area (Å²) in [6.07, 6.45) is -15.4. The van der Waals surface area contributed by atoms with Gasteiger partial charge < -0.3 is 54.7 Å². The molecule has 0 aliphatic carbocycles. The Balaban J connectivity index is 1.64. The van der Waals surface area contributed by atoms with Gasteiger partial charge >= 0.3 is 0 Å². The van der Waals surface area contributed by atoms with Crippen LogP contribution < -0.4 is 4.74 Å². The highest BCUT2D eigenvalue weighted by molar-refractivity contribution is 5.36. The first kappa shape index (κ1) is 24.7. The number of aliphatic hydroxyl groups excluding tert-OH is 7. The van der Waals surface area contributed by atoms with Gasteiger partial charge in [0.05, 0.1) is 18.1 Å². The maximum Gasteiger partial charge on any atom is 0.269 e. The first-order valence-corrected chi connectivity index (χ1v) is 9.67. The molecule has 2 heterocycles. The second-order valence-corrected chi connectivity index (χ2v) is 7.41. The summed E-state index contributed by atoms with van der Waals surface area (Å²) in [6, 6.07) is 4.83. The summed E-state index contributed by atoms with van der Waals surface area (Å²) in [7, 11) is 0. The molecular formula is C18H25NO13. The molecule has 0 saturated carbocycles. The fourth-order valence-corrected chi connectivity index (χ4v) is 3.33. The van der Waals surface area contributed by atoms with Crippen molar-refractivity contribution in [1.82, 2.24) is 0 Å². The van der Waals surface area contributed by atoms with Gasteiger partial charge in [-0.2, -0.15) is 0 Å². The number of rotatable bonds is 7. The zero-order valence-electron chi connectivity index (χ0n) is 16.5. The number of hydrogen-bond donors (Lipinski definition) is 7. The van der Waals surface area contributed by atoms with Gasteiger partial charge in [0, 0.05) is 12.1 Å². The van der Waals surface area contributed by atoms with Crippen LogP contribution in [0.1, 0.15) is 0 Å². The molecule has 3 rings (SSSR count). The molecule has 0 spiro atoms. The van der Waals surface area contributed by atoms with E-state index in [9.17, 15) is 45.9 Å². The molecule has 0 bridgehead atoms. The summed E-state index contributed by atoms with van der Waals surface area (Å²) in [5.74, 6) is 0.0804. The Hall–Kier alpha value is -1.98. The monoisotopic (exact) mass is 463 g/mol. The average Bonchev–Trinajstić information content (AvgIpc) is 2.78. The van der Waals surface area contributed by atoms with Crippen molar-refractivity contribution >= 4 is 5.69 Å². The molecule has 2 aliphatic rings. The van der Waals surface area contributed by atoms with E-state index in [4.69, 9.17) is 18.9 Å². The standard InChI is InChI=1S/C18H25NO13/c20-5-9-11(21)13(23)15(25)17(31-9)29-6-10-12(22)14(24)16(26)18(32-10)30-8-3-1-7(2-4-8)19(27)28/h1-4,9-18,20-26H,5-6H2/t9-,10-,11-,12-,13+,14+,15-,16-,17-,18+/m1/s1. The fraction of sp³-hybridized carbons (Fsp3) is 0.667. The number of benzene rings is 1. The van der Waals surface area contributed by atoms with Crippen LogP contribution in [0.15, 0.2) is 24.3 Å². The second kappa shape index (κ2) is 10.3. The molecule has 10 atom stereocenters. The minimum atomic E-state index is -1.71. The van der Waals surface area contributed by atoms with Crippen molar-refractivity contribution in [3.63, 3.8) is 0 Å². The second-order valence-electron chi connectivity index (χ2n) is 7.41. The molecule has 14 nitrogen and oxygen atoms in total. The van der Waals surface area contributed by atoms with Crippen LogP contribution in [0.2, 0.25) is 0 Å². The molecule has 14 heteroatoms. The van der Waals surface area contributed by atoms with E-state index in [0.29, 0.717) is 0 Å². The molecular weight excluding hydrogens is 438 g/mol. The highest BCUT2D eigenvalue weighted by Gasteiger charge is 2.47. The third-order valence-corrected chi connectivity index (χ3v) is 5.24. The van der Waals surface area contributed by atoms with E-state index in [0.717, 1.165) is 12.1 Å². The van der Waals surface area contributed by atoms with E-state index in [2.05, 4.69) is 0 Å². The summed E-state index contributed by atoms with van der Waals surface area (Å²) in [5.41, 5.74) is -0.191. The van der Waals surface area contributed by atoms with Crippen LogP contribution in [0.4, 0.5) is 5.69 Å². The van der Waals surface area contributed by atoms with E-state index in [-0.39, 0.29) is 11.4 Å². The van der Waals surface area contributed by atoms with Crippen molar-refractivity contribution in [2.75, 3.05) is 13.2 Å². The van der Waals surface area contributed by atoms with Crippen LogP contribution in [-0.4, -0.2) is 115 Å². The van der Waals surface area contributed by atoms with Crippen LogP contribution in [0, 0.1) is 10.1 Å². The average molecular weight is 463 g/mol. The first-order valence-electron chi connectivity index (χ1n) is 9.67. The number of ether oxygens (including phenoxy) is 4. The van der Waals surface area contributed by atoms with Gasteiger partial charge in [0.1, 0.15) is 54.6 Å². The van der Waals surface area contributed by atoms with Gasteiger partial charge in [0.25, 0.3) is 5.69 Å². The Labute approximate surface area is 180 Å². The Morgan fingerprint density at radius 3 is 1.91 bits per heavy atom. The normalized spacial score (nSPS) is 40.1. The molecule has 32 heavy (non-hydrogen) atoms. The Kier molecular flexibility index (Phi) is 7.94. The molecule has 0 amide bonds. The summed E-state index contributed by atoms with van der Waals surface area (Å²) < 4.78 is 21.4. The van der Waals surface area contributed by atoms with Crippen LogP contribution >= 0.6 is 0 Å². The zero-order chi connectivity index (χ0) is 23.6. The number of aliphatic hydroxyl groups is 7. The van der Waals surface area contributed by atoms with Gasteiger partial charge in [0.2, 0.25) is 6.29 Å². The molecule has 2 fully saturated rings. The highest BCUT2D eigenvalue weighted by Crippen LogP contribution is 2.27. The predicted octanol–water partition coefficient (Wildman–Crippen LogP) is -3.40. The summed E-state index contributed by atoms with van der Waals surface area (Å²) in [4.78, 5) is 10.1. The van der Waals surface area contributed by atoms with Crippen LogP contribution in [-0.2, 0) is 14.2 Å². The summed E-state index contributed by atoms with van der Waals surface area (Å²) >= 11 is 0. The molecule has 1 aromatic rings. The Morgan fingerprint density at radius 1 is 0.812 bits per heavy atom. The topological polar surface area (TPSA) is 222 Å². The third-order valence-electron chi connectivity index (χ3n) is 5.24. The van der Waals surface area contributed by atoms with Gasteiger partial charge in [-0.3, -0.25) is 10.1 Å². The van der Waals surface area contributed by atoms with Crippen molar-refractivity contribution in [3.05, 3.63) is 34.4 Å². The summed E-state index contributed by atoms with van der Waals surface area (Å²) in [5, 5.41) is 80.1. The molecule has 1 aromatic carbocycles. The van der Waals surface area contributed by atoms with E-state index < -0.39 is 79.5 Å². The SMILES string of the molecule is O=[N+]([O-])c1ccc(O[C@H]2O[C@H](CO[C@@H]3O[C@H](CO)[C@@H](O)[C@H](O)[C@H]3O)[C@@H](O)[C@H](O)[C@H]2O)cc1. The lowest BCUT2D eigenvalue weighted by molar-refractivity contribution is -0.384. The lowest BCUT2D eigenvalue weighted by atomic mass is 9.98. The maximum absolute atomic E-state index is 10.7. The zero-order valence-corrected chi connectivity index (χ0v) is 16.5. The lowest BCUT2D eigenvalue weighted by Gasteiger charge is -2.42. The van der Waals surface area contributed by atoms with Gasteiger partial charge in [-0.1, -0.05) is 0 Å². The minimum absolute atomic E-state index is 0.0804. The minimum Gasteiger partial charge on any atom is -0.462 e. The molecule has 0 aromatic heterocycles. The van der Waals surface area contributed by atoms with Gasteiger partial charge in [0.15, 0.2) is 6.29 Å². The molecule has 7 N–H and O–H groups in total. The van der Waals surface area contributed by atoms with E-state index in [1.807, 2.05) is 0 Å². The Bertz CT molecular complexity index is 762. The van der Waals surface area contributed by atoms with E-state index >= 15 is 0 Å². The lowest BCUT2D eigenvalue weighted by Crippen LogP contribution is -2.62. The largest absolute Gasteiger partial charge is 0.462 e. The maximum atomic E-state index is 10.7. The fourth-order valence-electron chi connectivity index (χ4n) is 3.33. The number of hydrogen-bond acceptors (Lipinski definition) is 13. The summed E-state index contributed by atoms with van der Waals surface area (Å²) in [6.45, 7) is -1.17. The molecule has 0 unspecified atom stereocenters. The number of nitrogens with zero attached hydrogens (tertiary/aromatic N) is 1. The van der Waals surface area contributed by atoms with Crippen molar-refractivity contribution in [2.24, 2.45) is 0 Å². The van der Waals surface area contributed by atoms with Crippen LogP contribution in [0.25, 0.3) is 0 Å². The quantitative estimate of drug-likeness (QED) is 0.155. The van der Waals surface area contributed by atoms with Crippen LogP contribution in [0.5, 0.6) is 5.75 Å². The van der Waals surface area contributed by atoms with Crippen molar-refractivity contribution in [3.8, 4) is 5.75 Å². The van der Waals surface area contributed by atoms with Gasteiger partial charge in [-0.05, 0) is 12.1 Å². The molecule has 180 valence electrons. The van der Waals surface area contributed by atoms with Crippen molar-refractivity contribution in [2.45, 2.75) is 61.4 Å². The molecule has 2 saturated heterocycles.